The summed E-state index contributed by atoms with van der Waals surface area (Å²) in [5, 5.41) is 0.392. The number of ketones is 1. The molecule has 0 N–H and O–H groups in total. The smallest absolute Gasteiger partial charge is 0.316 e. The minimum atomic E-state index is -0.859. The molecular formula is C19H24ClNO4. The average molecular weight is 366 g/mol. The van der Waals surface area contributed by atoms with Crippen LogP contribution in [0.4, 0.5) is 0 Å². The maximum absolute atomic E-state index is 12.4. The third-order valence-corrected chi connectivity index (χ3v) is 4.78. The number of nitrogens with zero attached hydrogens (tertiary/aromatic N) is 1. The van der Waals surface area contributed by atoms with Gasteiger partial charge in [0.25, 0.3) is 5.91 Å². The number of Topliss-reactive ketones (excluding diaryl/α,β-unsaturated/α-hetero) is 1. The number of esters is 1. The first-order valence-corrected chi connectivity index (χ1v) is 9.12. The van der Waals surface area contributed by atoms with Crippen LogP contribution in [0.5, 0.6) is 0 Å². The van der Waals surface area contributed by atoms with E-state index in [1.807, 2.05) is 4.90 Å². The SMILES string of the molecule is CCOC(=O)C(Cc1ccc(C(=O)N2CCCC2)cc1Cl)C(=O)CC. The van der Waals surface area contributed by atoms with Crippen molar-refractivity contribution in [1.82, 2.24) is 4.90 Å². The zero-order valence-electron chi connectivity index (χ0n) is 14.7. The van der Waals surface area contributed by atoms with Crippen LogP contribution in [0.3, 0.4) is 0 Å². The molecule has 5 nitrogen and oxygen atoms in total. The van der Waals surface area contributed by atoms with Gasteiger partial charge in [-0.2, -0.15) is 0 Å². The molecule has 0 bridgehead atoms. The van der Waals surface area contributed by atoms with Crippen LogP contribution in [0.1, 0.15) is 49.0 Å². The maximum Gasteiger partial charge on any atom is 0.316 e. The highest BCUT2D eigenvalue weighted by atomic mass is 35.5. The number of halogens is 1. The molecule has 136 valence electrons. The summed E-state index contributed by atoms with van der Waals surface area (Å²) in [4.78, 5) is 38.4. The summed E-state index contributed by atoms with van der Waals surface area (Å²) in [6, 6.07) is 5.05. The van der Waals surface area contributed by atoms with Crippen LogP contribution >= 0.6 is 11.6 Å². The molecule has 1 saturated heterocycles. The number of rotatable bonds is 7. The second-order valence-corrected chi connectivity index (χ2v) is 6.54. The van der Waals surface area contributed by atoms with E-state index in [9.17, 15) is 14.4 Å². The molecule has 1 fully saturated rings. The Balaban J connectivity index is 2.16. The molecule has 1 heterocycles. The lowest BCUT2D eigenvalue weighted by Gasteiger charge is -2.17. The topological polar surface area (TPSA) is 63.7 Å². The van der Waals surface area contributed by atoms with Crippen LogP contribution in [0, 0.1) is 5.92 Å². The molecular weight excluding hydrogens is 342 g/mol. The Hall–Kier alpha value is -1.88. The van der Waals surface area contributed by atoms with E-state index < -0.39 is 11.9 Å². The lowest BCUT2D eigenvalue weighted by atomic mass is 9.93. The molecule has 1 aromatic rings. The van der Waals surface area contributed by atoms with Crippen molar-refractivity contribution in [3.8, 4) is 0 Å². The summed E-state index contributed by atoms with van der Waals surface area (Å²) in [5.74, 6) is -1.59. The highest BCUT2D eigenvalue weighted by Gasteiger charge is 2.28. The zero-order chi connectivity index (χ0) is 18.4. The number of benzene rings is 1. The van der Waals surface area contributed by atoms with Crippen LogP contribution in [0.2, 0.25) is 5.02 Å². The molecule has 0 radical (unpaired) electrons. The van der Waals surface area contributed by atoms with Gasteiger partial charge in [0.1, 0.15) is 11.7 Å². The van der Waals surface area contributed by atoms with E-state index in [0.717, 1.165) is 25.9 Å². The van der Waals surface area contributed by atoms with Gasteiger partial charge in [0.05, 0.1) is 6.61 Å². The van der Waals surface area contributed by atoms with Gasteiger partial charge >= 0.3 is 5.97 Å². The van der Waals surface area contributed by atoms with E-state index >= 15 is 0 Å². The van der Waals surface area contributed by atoms with E-state index in [2.05, 4.69) is 0 Å². The van der Waals surface area contributed by atoms with Crippen molar-refractivity contribution in [2.75, 3.05) is 19.7 Å². The van der Waals surface area contributed by atoms with Crippen molar-refractivity contribution < 1.29 is 19.1 Å². The fourth-order valence-corrected chi connectivity index (χ4v) is 3.24. The van der Waals surface area contributed by atoms with E-state index in [4.69, 9.17) is 16.3 Å². The zero-order valence-corrected chi connectivity index (χ0v) is 15.5. The Kier molecular flexibility index (Phi) is 7.00. The van der Waals surface area contributed by atoms with E-state index in [1.54, 1.807) is 32.0 Å². The molecule has 0 aromatic heterocycles. The number of hydrogen-bond acceptors (Lipinski definition) is 4. The van der Waals surface area contributed by atoms with Crippen LogP contribution in [-0.2, 0) is 20.7 Å². The molecule has 0 spiro atoms. The van der Waals surface area contributed by atoms with Crippen molar-refractivity contribution >= 4 is 29.3 Å². The minimum absolute atomic E-state index is 0.0301. The summed E-state index contributed by atoms with van der Waals surface area (Å²) in [6.45, 7) is 5.19. The van der Waals surface area contributed by atoms with Crippen molar-refractivity contribution in [2.24, 2.45) is 5.92 Å². The van der Waals surface area contributed by atoms with Gasteiger partial charge in [-0.3, -0.25) is 14.4 Å². The van der Waals surface area contributed by atoms with Gasteiger partial charge in [0, 0.05) is 30.1 Å². The number of hydrogen-bond donors (Lipinski definition) is 0. The molecule has 25 heavy (non-hydrogen) atoms. The predicted molar refractivity (Wildman–Crippen MR) is 95.7 cm³/mol. The minimum Gasteiger partial charge on any atom is -0.465 e. The van der Waals surface area contributed by atoms with E-state index in [1.165, 1.54) is 0 Å². The molecule has 1 aliphatic rings. The van der Waals surface area contributed by atoms with Crippen molar-refractivity contribution in [3.63, 3.8) is 0 Å². The molecule has 6 heteroatoms. The van der Waals surface area contributed by atoms with Crippen LogP contribution in [0.15, 0.2) is 18.2 Å². The number of carbonyl (C=O) groups is 3. The molecule has 2 rings (SSSR count). The summed E-state index contributed by atoms with van der Waals surface area (Å²) in [6.07, 6.45) is 2.49. The summed E-state index contributed by atoms with van der Waals surface area (Å²) in [5.41, 5.74) is 1.20. The van der Waals surface area contributed by atoms with E-state index in [0.29, 0.717) is 16.1 Å². The van der Waals surface area contributed by atoms with Gasteiger partial charge in [-0.15, -0.1) is 0 Å². The van der Waals surface area contributed by atoms with Gasteiger partial charge < -0.3 is 9.64 Å². The first-order valence-electron chi connectivity index (χ1n) is 8.75. The van der Waals surface area contributed by atoms with Crippen molar-refractivity contribution in [1.29, 1.82) is 0 Å². The Labute approximate surface area is 153 Å². The van der Waals surface area contributed by atoms with Crippen LogP contribution in [-0.4, -0.2) is 42.3 Å². The van der Waals surface area contributed by atoms with Crippen LogP contribution < -0.4 is 0 Å². The lowest BCUT2D eigenvalue weighted by molar-refractivity contribution is -0.151. The van der Waals surface area contributed by atoms with Crippen molar-refractivity contribution in [2.45, 2.75) is 39.5 Å². The van der Waals surface area contributed by atoms with E-state index in [-0.39, 0.29) is 31.1 Å². The second-order valence-electron chi connectivity index (χ2n) is 6.13. The molecule has 0 saturated carbocycles. The van der Waals surface area contributed by atoms with Gasteiger partial charge in [0.2, 0.25) is 0 Å². The lowest BCUT2D eigenvalue weighted by Crippen LogP contribution is -2.28. The monoisotopic (exact) mass is 365 g/mol. The molecule has 1 unspecified atom stereocenters. The number of ether oxygens (including phenoxy) is 1. The standard InChI is InChI=1S/C19H24ClNO4/c1-3-17(22)15(19(24)25-4-2)11-13-7-8-14(12-16(13)20)18(23)21-9-5-6-10-21/h7-8,12,15H,3-6,9-11H2,1-2H3. The van der Waals surface area contributed by atoms with Gasteiger partial charge in [-0.1, -0.05) is 24.6 Å². The van der Waals surface area contributed by atoms with Gasteiger partial charge in [0.15, 0.2) is 0 Å². The first kappa shape index (κ1) is 19.4. The fraction of sp³-hybridized carbons (Fsp3) is 0.526. The highest BCUT2D eigenvalue weighted by molar-refractivity contribution is 6.31. The summed E-state index contributed by atoms with van der Waals surface area (Å²) in [7, 11) is 0. The van der Waals surface area contributed by atoms with Crippen molar-refractivity contribution in [3.05, 3.63) is 34.3 Å². The number of carbonyl (C=O) groups excluding carboxylic acids is 3. The maximum atomic E-state index is 12.4. The Morgan fingerprint density at radius 3 is 2.44 bits per heavy atom. The fourth-order valence-electron chi connectivity index (χ4n) is 2.99. The molecule has 1 aliphatic heterocycles. The molecule has 1 aromatic carbocycles. The third-order valence-electron chi connectivity index (χ3n) is 4.43. The Bertz CT molecular complexity index is 653. The first-order chi connectivity index (χ1) is 12.0. The molecule has 1 amide bonds. The summed E-state index contributed by atoms with van der Waals surface area (Å²) >= 11 is 6.32. The summed E-state index contributed by atoms with van der Waals surface area (Å²) < 4.78 is 5.00. The largest absolute Gasteiger partial charge is 0.465 e. The van der Waals surface area contributed by atoms with Gasteiger partial charge in [-0.05, 0) is 43.9 Å². The number of likely N-dealkylation sites (tertiary alicyclic amines) is 1. The Morgan fingerprint density at radius 2 is 1.88 bits per heavy atom. The highest BCUT2D eigenvalue weighted by Crippen LogP contribution is 2.24. The van der Waals surface area contributed by atoms with Crippen LogP contribution in [0.25, 0.3) is 0 Å². The Morgan fingerprint density at radius 1 is 1.20 bits per heavy atom. The quantitative estimate of drug-likeness (QED) is 0.549. The average Bonchev–Trinajstić information content (AvgIpc) is 3.14. The molecule has 1 atom stereocenters. The second kappa shape index (κ2) is 8.99. The molecule has 0 aliphatic carbocycles. The number of amides is 1. The third kappa shape index (κ3) is 4.82. The van der Waals surface area contributed by atoms with Gasteiger partial charge in [-0.25, -0.2) is 0 Å². The normalized spacial score (nSPS) is 15.1. The predicted octanol–water partition coefficient (Wildman–Crippen LogP) is 3.28.